The van der Waals surface area contributed by atoms with E-state index in [1.807, 2.05) is 0 Å². The molecule has 0 aliphatic heterocycles. The van der Waals surface area contributed by atoms with Crippen LogP contribution in [0.15, 0.2) is 0 Å². The highest BCUT2D eigenvalue weighted by Gasteiger charge is 2.12. The van der Waals surface area contributed by atoms with Crippen LogP contribution in [0.2, 0.25) is 0 Å². The Kier molecular flexibility index (Phi) is 5.81. The summed E-state index contributed by atoms with van der Waals surface area (Å²) in [4.78, 5) is 0. The predicted molar refractivity (Wildman–Crippen MR) is 59.4 cm³/mol. The molecule has 0 saturated heterocycles. The van der Waals surface area contributed by atoms with Gasteiger partial charge in [-0.3, -0.25) is 0 Å². The first kappa shape index (κ1) is 11.3. The number of alkyl halides is 1. The van der Waals surface area contributed by atoms with Gasteiger partial charge in [0.1, 0.15) is 0 Å². The molecule has 1 aliphatic rings. The van der Waals surface area contributed by atoms with Gasteiger partial charge in [0.2, 0.25) is 0 Å². The lowest BCUT2D eigenvalue weighted by Crippen LogP contribution is -2.33. The van der Waals surface area contributed by atoms with Crippen molar-refractivity contribution >= 4 is 11.6 Å². The zero-order valence-corrected chi connectivity index (χ0v) is 9.45. The van der Waals surface area contributed by atoms with E-state index in [-0.39, 0.29) is 0 Å². The smallest absolute Gasteiger partial charge is 0.0458 e. The third-order valence-corrected chi connectivity index (χ3v) is 3.39. The van der Waals surface area contributed by atoms with Gasteiger partial charge in [-0.25, -0.2) is 0 Å². The molecule has 1 nitrogen and oxygen atoms in total. The summed E-state index contributed by atoms with van der Waals surface area (Å²) in [7, 11) is 0. The van der Waals surface area contributed by atoms with Crippen LogP contribution in [-0.4, -0.2) is 18.0 Å². The minimum atomic E-state index is 0.322. The van der Waals surface area contributed by atoms with Crippen molar-refractivity contribution in [3.8, 4) is 0 Å². The van der Waals surface area contributed by atoms with Gasteiger partial charge in [0.25, 0.3) is 0 Å². The third-order valence-electron chi connectivity index (χ3n) is 2.93. The first-order valence-electron chi connectivity index (χ1n) is 5.70. The Morgan fingerprint density at radius 2 is 1.85 bits per heavy atom. The molecule has 0 aromatic heterocycles. The lowest BCUT2D eigenvalue weighted by molar-refractivity contribution is 0.456. The molecular weight excluding hydrogens is 182 g/mol. The highest BCUT2D eigenvalue weighted by atomic mass is 35.5. The van der Waals surface area contributed by atoms with E-state index in [1.165, 1.54) is 38.5 Å². The third kappa shape index (κ3) is 4.87. The van der Waals surface area contributed by atoms with Gasteiger partial charge in [-0.2, -0.15) is 0 Å². The van der Waals surface area contributed by atoms with Crippen molar-refractivity contribution in [2.24, 2.45) is 0 Å². The molecule has 1 N–H and O–H groups in total. The van der Waals surface area contributed by atoms with E-state index in [0.717, 1.165) is 19.0 Å². The average molecular weight is 204 g/mol. The lowest BCUT2D eigenvalue weighted by atomic mass is 10.1. The Morgan fingerprint density at radius 3 is 2.38 bits per heavy atom. The Balaban J connectivity index is 2.11. The van der Waals surface area contributed by atoms with E-state index in [1.54, 1.807) is 0 Å². The van der Waals surface area contributed by atoms with Crippen LogP contribution in [-0.2, 0) is 0 Å². The van der Waals surface area contributed by atoms with Gasteiger partial charge in [-0.05, 0) is 19.3 Å². The molecular formula is C11H22ClN. The molecule has 1 rings (SSSR count). The van der Waals surface area contributed by atoms with Crippen molar-refractivity contribution < 1.29 is 0 Å². The van der Waals surface area contributed by atoms with Crippen LogP contribution < -0.4 is 5.32 Å². The van der Waals surface area contributed by atoms with Gasteiger partial charge >= 0.3 is 0 Å². The summed E-state index contributed by atoms with van der Waals surface area (Å²) < 4.78 is 0. The fourth-order valence-corrected chi connectivity index (χ4v) is 2.01. The first-order valence-corrected chi connectivity index (χ1v) is 6.14. The van der Waals surface area contributed by atoms with Crippen molar-refractivity contribution in [2.45, 2.75) is 63.3 Å². The highest BCUT2D eigenvalue weighted by Crippen LogP contribution is 2.17. The highest BCUT2D eigenvalue weighted by molar-refractivity contribution is 6.20. The Hall–Kier alpha value is 0.250. The van der Waals surface area contributed by atoms with Crippen LogP contribution in [0.25, 0.3) is 0 Å². The maximum Gasteiger partial charge on any atom is 0.0458 e. The van der Waals surface area contributed by atoms with Gasteiger partial charge in [-0.1, -0.05) is 32.6 Å². The lowest BCUT2D eigenvalue weighted by Gasteiger charge is -2.17. The van der Waals surface area contributed by atoms with Gasteiger partial charge in [0, 0.05) is 18.0 Å². The fourth-order valence-electron chi connectivity index (χ4n) is 1.92. The molecule has 0 spiro atoms. The minimum Gasteiger partial charge on any atom is -0.313 e. The molecule has 0 bridgehead atoms. The zero-order valence-electron chi connectivity index (χ0n) is 8.69. The molecule has 2 heteroatoms. The van der Waals surface area contributed by atoms with Crippen LogP contribution in [0, 0.1) is 0 Å². The maximum absolute atomic E-state index is 6.06. The Labute approximate surface area is 87.2 Å². The summed E-state index contributed by atoms with van der Waals surface area (Å²) >= 11 is 6.06. The minimum absolute atomic E-state index is 0.322. The summed E-state index contributed by atoms with van der Waals surface area (Å²) in [6.07, 6.45) is 9.43. The van der Waals surface area contributed by atoms with E-state index in [4.69, 9.17) is 11.6 Å². The van der Waals surface area contributed by atoms with Crippen LogP contribution >= 0.6 is 11.6 Å². The number of halogens is 1. The van der Waals surface area contributed by atoms with Gasteiger partial charge < -0.3 is 5.32 Å². The number of hydrogen-bond acceptors (Lipinski definition) is 1. The normalized spacial score (nSPS) is 22.6. The van der Waals surface area contributed by atoms with Gasteiger partial charge in [0.15, 0.2) is 0 Å². The monoisotopic (exact) mass is 203 g/mol. The summed E-state index contributed by atoms with van der Waals surface area (Å²) in [6, 6.07) is 0.746. The second-order valence-electron chi connectivity index (χ2n) is 4.10. The van der Waals surface area contributed by atoms with Crippen LogP contribution in [0.5, 0.6) is 0 Å². The van der Waals surface area contributed by atoms with E-state index in [9.17, 15) is 0 Å². The van der Waals surface area contributed by atoms with Crippen molar-refractivity contribution in [1.29, 1.82) is 0 Å². The Morgan fingerprint density at radius 1 is 1.23 bits per heavy atom. The van der Waals surface area contributed by atoms with Crippen LogP contribution in [0.3, 0.4) is 0 Å². The molecule has 1 unspecified atom stereocenters. The number of rotatable bonds is 4. The second kappa shape index (κ2) is 6.67. The van der Waals surface area contributed by atoms with Crippen molar-refractivity contribution in [3.05, 3.63) is 0 Å². The summed E-state index contributed by atoms with van der Waals surface area (Å²) in [6.45, 7) is 3.13. The molecule has 0 aromatic rings. The topological polar surface area (TPSA) is 12.0 Å². The number of nitrogens with one attached hydrogen (secondary N) is 1. The Bertz CT molecular complexity index is 119. The average Bonchev–Trinajstić information content (AvgIpc) is 2.42. The van der Waals surface area contributed by atoms with E-state index in [2.05, 4.69) is 12.2 Å². The molecule has 0 heterocycles. The summed E-state index contributed by atoms with van der Waals surface area (Å²) in [5, 5.41) is 3.90. The van der Waals surface area contributed by atoms with Crippen molar-refractivity contribution in [1.82, 2.24) is 5.32 Å². The molecule has 1 atom stereocenters. The predicted octanol–water partition coefficient (Wildman–Crippen LogP) is 3.32. The number of hydrogen-bond donors (Lipinski definition) is 1. The fraction of sp³-hybridized carbons (Fsp3) is 1.00. The summed E-state index contributed by atoms with van der Waals surface area (Å²) in [5.41, 5.74) is 0. The van der Waals surface area contributed by atoms with E-state index in [0.29, 0.717) is 5.38 Å². The SMILES string of the molecule is CCC(Cl)CNC1CCCCCC1. The van der Waals surface area contributed by atoms with Crippen molar-refractivity contribution in [3.63, 3.8) is 0 Å². The van der Waals surface area contributed by atoms with Crippen LogP contribution in [0.1, 0.15) is 51.9 Å². The molecule has 0 radical (unpaired) electrons. The second-order valence-corrected chi connectivity index (χ2v) is 4.72. The molecule has 0 amide bonds. The molecule has 1 saturated carbocycles. The van der Waals surface area contributed by atoms with Crippen molar-refractivity contribution in [2.75, 3.05) is 6.54 Å². The molecule has 1 aliphatic carbocycles. The largest absolute Gasteiger partial charge is 0.313 e. The van der Waals surface area contributed by atoms with Gasteiger partial charge in [0.05, 0.1) is 0 Å². The van der Waals surface area contributed by atoms with E-state index < -0.39 is 0 Å². The zero-order chi connectivity index (χ0) is 9.52. The molecule has 1 fully saturated rings. The summed E-state index contributed by atoms with van der Waals surface area (Å²) in [5.74, 6) is 0. The molecule has 13 heavy (non-hydrogen) atoms. The maximum atomic E-state index is 6.06. The van der Waals surface area contributed by atoms with Crippen LogP contribution in [0.4, 0.5) is 0 Å². The van der Waals surface area contributed by atoms with Gasteiger partial charge in [-0.15, -0.1) is 11.6 Å². The van der Waals surface area contributed by atoms with E-state index >= 15 is 0 Å². The quantitative estimate of drug-likeness (QED) is 0.546. The molecule has 78 valence electrons. The first-order chi connectivity index (χ1) is 6.33. The standard InChI is InChI=1S/C11H22ClN/c1-2-10(12)9-13-11-7-5-3-4-6-8-11/h10-11,13H,2-9H2,1H3. The molecule has 0 aromatic carbocycles.